The minimum Gasteiger partial charge on any atom is -0.465 e. The zero-order valence-electron chi connectivity index (χ0n) is 7.98. The fourth-order valence-electron chi connectivity index (χ4n) is 2.46. The first-order valence-corrected chi connectivity index (χ1v) is 4.75. The van der Waals surface area contributed by atoms with Crippen molar-refractivity contribution < 1.29 is 18.3 Å². The maximum atomic E-state index is 12.6. The second-order valence-electron chi connectivity index (χ2n) is 4.17. The Bertz CT molecular complexity index is 262. The van der Waals surface area contributed by atoms with Crippen LogP contribution in [0, 0.1) is 5.41 Å². The third-order valence-corrected chi connectivity index (χ3v) is 3.22. The molecular weight excluding hydrogens is 192 g/mol. The zero-order valence-corrected chi connectivity index (χ0v) is 7.98. The topological polar surface area (TPSA) is 38.3 Å². The first-order chi connectivity index (χ1) is 6.55. The van der Waals surface area contributed by atoms with Gasteiger partial charge >= 0.3 is 5.97 Å². The normalized spacial score (nSPS) is 39.7. The van der Waals surface area contributed by atoms with Gasteiger partial charge in [-0.3, -0.25) is 4.79 Å². The number of halogens is 2. The fraction of sp³-hybridized carbons (Fsp3) is 0.889. The number of ether oxygens (including phenoxy) is 1. The highest BCUT2D eigenvalue weighted by Crippen LogP contribution is 2.57. The second-order valence-corrected chi connectivity index (χ2v) is 4.17. The highest BCUT2D eigenvalue weighted by molar-refractivity contribution is 5.83. The van der Waals surface area contributed by atoms with Gasteiger partial charge in [-0.1, -0.05) is 0 Å². The first kappa shape index (κ1) is 9.83. The van der Waals surface area contributed by atoms with Crippen molar-refractivity contribution in [2.45, 2.75) is 31.7 Å². The summed E-state index contributed by atoms with van der Waals surface area (Å²) in [7, 11) is 0. The van der Waals surface area contributed by atoms with E-state index in [0.29, 0.717) is 6.61 Å². The fourth-order valence-corrected chi connectivity index (χ4v) is 2.46. The molecule has 1 N–H and O–H groups in total. The van der Waals surface area contributed by atoms with Crippen molar-refractivity contribution in [2.75, 3.05) is 13.2 Å². The standard InChI is InChI=1S/C9H13F2NO2/c1-2-14-7(13)9-3-8(4-9,5-12-9)6(10)11/h6,12H,2-5H2,1H3. The lowest BCUT2D eigenvalue weighted by Crippen LogP contribution is -2.56. The van der Waals surface area contributed by atoms with Gasteiger partial charge in [0, 0.05) is 12.0 Å². The van der Waals surface area contributed by atoms with Crippen LogP contribution in [0.25, 0.3) is 0 Å². The van der Waals surface area contributed by atoms with Gasteiger partial charge in [-0.25, -0.2) is 8.78 Å². The van der Waals surface area contributed by atoms with Gasteiger partial charge in [0.2, 0.25) is 6.43 Å². The first-order valence-electron chi connectivity index (χ1n) is 4.75. The van der Waals surface area contributed by atoms with Crippen molar-refractivity contribution >= 4 is 5.97 Å². The summed E-state index contributed by atoms with van der Waals surface area (Å²) in [6, 6.07) is 0. The summed E-state index contributed by atoms with van der Waals surface area (Å²) in [6.45, 7) is 2.23. The van der Waals surface area contributed by atoms with Crippen LogP contribution in [0.3, 0.4) is 0 Å². The summed E-state index contributed by atoms with van der Waals surface area (Å²) in [5.74, 6) is -0.381. The van der Waals surface area contributed by atoms with Crippen LogP contribution in [0.1, 0.15) is 19.8 Å². The summed E-state index contributed by atoms with van der Waals surface area (Å²) in [5, 5.41) is 2.86. The van der Waals surface area contributed by atoms with Crippen molar-refractivity contribution in [3.63, 3.8) is 0 Å². The molecular formula is C9H13F2NO2. The van der Waals surface area contributed by atoms with E-state index in [0.717, 1.165) is 0 Å². The quantitative estimate of drug-likeness (QED) is 0.697. The average molecular weight is 205 g/mol. The van der Waals surface area contributed by atoms with E-state index in [1.54, 1.807) is 6.92 Å². The Morgan fingerprint density at radius 3 is 2.64 bits per heavy atom. The molecule has 0 radical (unpaired) electrons. The van der Waals surface area contributed by atoms with Crippen molar-refractivity contribution in [2.24, 2.45) is 5.41 Å². The van der Waals surface area contributed by atoms with Gasteiger partial charge in [0.1, 0.15) is 5.54 Å². The monoisotopic (exact) mass is 205 g/mol. The number of hydrogen-bond acceptors (Lipinski definition) is 3. The molecule has 14 heavy (non-hydrogen) atoms. The minimum atomic E-state index is -2.35. The number of nitrogens with one attached hydrogen (secondary N) is 1. The van der Waals surface area contributed by atoms with Crippen molar-refractivity contribution in [1.82, 2.24) is 5.32 Å². The van der Waals surface area contributed by atoms with E-state index < -0.39 is 17.4 Å². The average Bonchev–Trinajstić information content (AvgIpc) is 2.58. The lowest BCUT2D eigenvalue weighted by Gasteiger charge is -2.43. The molecule has 0 unspecified atom stereocenters. The van der Waals surface area contributed by atoms with Crippen molar-refractivity contribution in [1.29, 1.82) is 0 Å². The molecule has 2 heterocycles. The molecule has 0 aromatic carbocycles. The summed E-state index contributed by atoms with van der Waals surface area (Å²) >= 11 is 0. The van der Waals surface area contributed by atoms with Crippen LogP contribution in [-0.4, -0.2) is 31.1 Å². The number of esters is 1. The molecule has 3 rings (SSSR count). The Hall–Kier alpha value is -0.710. The van der Waals surface area contributed by atoms with Gasteiger partial charge in [0.25, 0.3) is 0 Å². The van der Waals surface area contributed by atoms with Gasteiger partial charge in [0.15, 0.2) is 0 Å². The Balaban J connectivity index is 2.03. The molecule has 0 atom stereocenters. The van der Waals surface area contributed by atoms with Gasteiger partial charge < -0.3 is 10.1 Å². The molecule has 0 aromatic heterocycles. The zero-order chi connectivity index (χ0) is 10.4. The van der Waals surface area contributed by atoms with Crippen LogP contribution in [0.15, 0.2) is 0 Å². The second kappa shape index (κ2) is 2.89. The molecule has 3 fully saturated rings. The molecule has 2 bridgehead atoms. The minimum absolute atomic E-state index is 0.219. The number of alkyl halides is 2. The summed E-state index contributed by atoms with van der Waals surface area (Å²) in [5.41, 5.74) is -1.76. The van der Waals surface area contributed by atoms with Crippen LogP contribution in [0.4, 0.5) is 8.78 Å². The SMILES string of the molecule is CCOC(=O)C12CC(C(F)F)(CN1)C2. The van der Waals surface area contributed by atoms with Gasteiger partial charge in [-0.05, 0) is 19.8 Å². The van der Waals surface area contributed by atoms with Crippen molar-refractivity contribution in [3.8, 4) is 0 Å². The summed E-state index contributed by atoms with van der Waals surface area (Å²) in [4.78, 5) is 11.4. The molecule has 2 saturated heterocycles. The predicted octanol–water partition coefficient (Wildman–Crippen LogP) is 0.937. The maximum absolute atomic E-state index is 12.6. The van der Waals surface area contributed by atoms with Crippen LogP contribution in [0.2, 0.25) is 0 Å². The lowest BCUT2D eigenvalue weighted by molar-refractivity contribution is -0.160. The van der Waals surface area contributed by atoms with Crippen LogP contribution < -0.4 is 5.32 Å². The molecule has 80 valence electrons. The number of fused-ring (bicyclic) bond motifs is 1. The lowest BCUT2D eigenvalue weighted by atomic mass is 9.62. The number of rotatable bonds is 3. The Morgan fingerprint density at radius 1 is 1.57 bits per heavy atom. The number of hydrogen-bond donors (Lipinski definition) is 1. The Labute approximate surface area is 80.8 Å². The maximum Gasteiger partial charge on any atom is 0.326 e. The summed E-state index contributed by atoms with van der Waals surface area (Å²) in [6.07, 6.45) is -1.91. The molecule has 5 heteroatoms. The largest absolute Gasteiger partial charge is 0.465 e. The molecule has 3 aliphatic rings. The molecule has 2 aliphatic heterocycles. The molecule has 1 aliphatic carbocycles. The highest BCUT2D eigenvalue weighted by Gasteiger charge is 2.69. The Kier molecular flexibility index (Phi) is 2.03. The van der Waals surface area contributed by atoms with Crippen LogP contribution in [0.5, 0.6) is 0 Å². The predicted molar refractivity (Wildman–Crippen MR) is 45.0 cm³/mol. The van der Waals surface area contributed by atoms with E-state index in [1.807, 2.05) is 0 Å². The van der Waals surface area contributed by atoms with Crippen molar-refractivity contribution in [3.05, 3.63) is 0 Å². The molecule has 0 aromatic rings. The molecule has 0 spiro atoms. The van der Waals surface area contributed by atoms with E-state index in [4.69, 9.17) is 4.74 Å². The van der Waals surface area contributed by atoms with Gasteiger partial charge in [0.05, 0.1) is 6.61 Å². The highest BCUT2D eigenvalue weighted by atomic mass is 19.3. The smallest absolute Gasteiger partial charge is 0.326 e. The number of carbonyl (C=O) groups is 1. The summed E-state index contributed by atoms with van der Waals surface area (Å²) < 4.78 is 30.0. The third-order valence-electron chi connectivity index (χ3n) is 3.22. The van der Waals surface area contributed by atoms with Crippen LogP contribution >= 0.6 is 0 Å². The van der Waals surface area contributed by atoms with E-state index >= 15 is 0 Å². The van der Waals surface area contributed by atoms with E-state index in [9.17, 15) is 13.6 Å². The Morgan fingerprint density at radius 2 is 2.21 bits per heavy atom. The van der Waals surface area contributed by atoms with E-state index in [1.165, 1.54) is 0 Å². The third kappa shape index (κ3) is 1.08. The van der Waals surface area contributed by atoms with E-state index in [-0.39, 0.29) is 25.4 Å². The van der Waals surface area contributed by atoms with E-state index in [2.05, 4.69) is 5.32 Å². The van der Waals surface area contributed by atoms with Gasteiger partial charge in [-0.2, -0.15) is 0 Å². The molecule has 3 nitrogen and oxygen atoms in total. The number of carbonyl (C=O) groups excluding carboxylic acids is 1. The molecule has 0 amide bonds. The van der Waals surface area contributed by atoms with Crippen LogP contribution in [-0.2, 0) is 9.53 Å². The van der Waals surface area contributed by atoms with Gasteiger partial charge in [-0.15, -0.1) is 0 Å². The molecule has 1 saturated carbocycles.